The number of fused-ring (bicyclic) bond motifs is 1. The zero-order chi connectivity index (χ0) is 24.6. The van der Waals surface area contributed by atoms with Gasteiger partial charge in [0.2, 0.25) is 15.7 Å². The standard InChI is InChI=1S/C27H26FN3O3S/c1-20-10-12-21(13-11-20)35(33,34)26-18-31(24-8-4-2-6-22(24)26)19-27(32)30-16-14-29(15-17-30)25-9-5-3-7-23(25)28/h2-13,18H,14-17,19H2,1H3. The largest absolute Gasteiger partial charge is 0.366 e. The summed E-state index contributed by atoms with van der Waals surface area (Å²) in [6.07, 6.45) is 1.56. The number of hydrogen-bond donors (Lipinski definition) is 0. The first-order valence-electron chi connectivity index (χ1n) is 11.5. The Bertz CT molecular complexity index is 1490. The quantitative estimate of drug-likeness (QED) is 0.418. The van der Waals surface area contributed by atoms with Crippen LogP contribution in [0, 0.1) is 12.7 Å². The molecule has 3 aromatic carbocycles. The second-order valence-corrected chi connectivity index (χ2v) is 10.7. The van der Waals surface area contributed by atoms with Gasteiger partial charge in [0.1, 0.15) is 12.4 Å². The van der Waals surface area contributed by atoms with Crippen molar-refractivity contribution in [2.45, 2.75) is 23.3 Å². The van der Waals surface area contributed by atoms with E-state index in [0.29, 0.717) is 42.8 Å². The molecule has 8 heteroatoms. The predicted molar refractivity (Wildman–Crippen MR) is 134 cm³/mol. The van der Waals surface area contributed by atoms with Gasteiger partial charge in [0.05, 0.1) is 15.5 Å². The van der Waals surface area contributed by atoms with Crippen LogP contribution >= 0.6 is 0 Å². The monoisotopic (exact) mass is 491 g/mol. The van der Waals surface area contributed by atoms with Crippen molar-refractivity contribution in [3.8, 4) is 0 Å². The molecule has 1 saturated heterocycles. The van der Waals surface area contributed by atoms with Crippen LogP contribution < -0.4 is 4.90 Å². The molecule has 2 heterocycles. The van der Waals surface area contributed by atoms with Crippen LogP contribution in [0.4, 0.5) is 10.1 Å². The SMILES string of the molecule is Cc1ccc(S(=O)(=O)c2cn(CC(=O)N3CCN(c4ccccc4F)CC3)c3ccccc23)cc1. The zero-order valence-corrected chi connectivity index (χ0v) is 20.2. The maximum atomic E-state index is 14.1. The molecule has 0 bridgehead atoms. The van der Waals surface area contributed by atoms with Gasteiger partial charge in [-0.2, -0.15) is 0 Å². The average Bonchev–Trinajstić information content (AvgIpc) is 3.24. The lowest BCUT2D eigenvalue weighted by atomic mass is 10.2. The van der Waals surface area contributed by atoms with E-state index in [1.165, 1.54) is 6.07 Å². The molecule has 0 unspecified atom stereocenters. The van der Waals surface area contributed by atoms with Crippen molar-refractivity contribution >= 4 is 32.3 Å². The molecule has 1 amide bonds. The number of aromatic nitrogens is 1. The van der Waals surface area contributed by atoms with Gasteiger partial charge in [-0.15, -0.1) is 0 Å². The summed E-state index contributed by atoms with van der Waals surface area (Å²) in [7, 11) is -3.75. The Labute approximate surface area is 204 Å². The second-order valence-electron chi connectivity index (χ2n) is 8.77. The van der Waals surface area contributed by atoms with E-state index >= 15 is 0 Å². The minimum Gasteiger partial charge on any atom is -0.366 e. The number of hydrogen-bond acceptors (Lipinski definition) is 4. The maximum absolute atomic E-state index is 14.1. The topological polar surface area (TPSA) is 62.6 Å². The number of para-hydroxylation sites is 2. The van der Waals surface area contributed by atoms with Crippen LogP contribution in [0.1, 0.15) is 5.56 Å². The van der Waals surface area contributed by atoms with Gasteiger partial charge in [-0.05, 0) is 37.3 Å². The maximum Gasteiger partial charge on any atom is 0.242 e. The molecule has 1 fully saturated rings. The first-order chi connectivity index (χ1) is 16.8. The molecule has 6 nitrogen and oxygen atoms in total. The van der Waals surface area contributed by atoms with Gasteiger partial charge < -0.3 is 14.4 Å². The Morgan fingerprint density at radius 1 is 0.886 bits per heavy atom. The smallest absolute Gasteiger partial charge is 0.242 e. The Morgan fingerprint density at radius 3 is 2.26 bits per heavy atom. The highest BCUT2D eigenvalue weighted by Gasteiger charge is 2.26. The van der Waals surface area contributed by atoms with Crippen molar-refractivity contribution in [3.05, 3.63) is 90.4 Å². The molecule has 35 heavy (non-hydrogen) atoms. The van der Waals surface area contributed by atoms with Crippen LogP contribution in [0.25, 0.3) is 10.9 Å². The number of halogens is 1. The Hall–Kier alpha value is -3.65. The van der Waals surface area contributed by atoms with Crippen molar-refractivity contribution in [3.63, 3.8) is 0 Å². The van der Waals surface area contributed by atoms with Crippen molar-refractivity contribution < 1.29 is 17.6 Å². The minimum atomic E-state index is -3.75. The number of sulfone groups is 1. The molecule has 0 N–H and O–H groups in total. The van der Waals surface area contributed by atoms with Gasteiger partial charge in [0.15, 0.2) is 0 Å². The van der Waals surface area contributed by atoms with Crippen LogP contribution in [0.5, 0.6) is 0 Å². The van der Waals surface area contributed by atoms with E-state index in [1.807, 2.05) is 24.0 Å². The molecule has 1 aliphatic heterocycles. The van der Waals surface area contributed by atoms with Crippen molar-refractivity contribution in [2.24, 2.45) is 0 Å². The molecular weight excluding hydrogens is 465 g/mol. The Morgan fingerprint density at radius 2 is 1.54 bits per heavy atom. The summed E-state index contributed by atoms with van der Waals surface area (Å²) < 4.78 is 42.7. The van der Waals surface area contributed by atoms with Gasteiger partial charge >= 0.3 is 0 Å². The van der Waals surface area contributed by atoms with Crippen molar-refractivity contribution in [1.29, 1.82) is 0 Å². The molecule has 0 radical (unpaired) electrons. The fourth-order valence-corrected chi connectivity index (χ4v) is 6.03. The number of carbonyl (C=O) groups is 1. The third kappa shape index (κ3) is 4.41. The molecule has 5 rings (SSSR count). The number of amides is 1. The van der Waals surface area contributed by atoms with E-state index in [1.54, 1.807) is 70.3 Å². The number of aryl methyl sites for hydroxylation is 1. The van der Waals surface area contributed by atoms with Gasteiger partial charge in [-0.1, -0.05) is 48.0 Å². The van der Waals surface area contributed by atoms with Crippen molar-refractivity contribution in [2.75, 3.05) is 31.1 Å². The summed E-state index contributed by atoms with van der Waals surface area (Å²) in [5.41, 5.74) is 2.21. The molecule has 0 aliphatic carbocycles. The first-order valence-corrected chi connectivity index (χ1v) is 13.0. The zero-order valence-electron chi connectivity index (χ0n) is 19.4. The normalized spacial score (nSPS) is 14.5. The van der Waals surface area contributed by atoms with E-state index in [0.717, 1.165) is 5.56 Å². The van der Waals surface area contributed by atoms with Crippen LogP contribution in [0.2, 0.25) is 0 Å². The first kappa shape index (κ1) is 23.1. The highest BCUT2D eigenvalue weighted by atomic mass is 32.2. The number of anilines is 1. The van der Waals surface area contributed by atoms with Crippen LogP contribution in [0.3, 0.4) is 0 Å². The molecule has 0 saturated carbocycles. The van der Waals surface area contributed by atoms with E-state index in [4.69, 9.17) is 0 Å². The molecular formula is C27H26FN3O3S. The van der Waals surface area contributed by atoms with Crippen LogP contribution in [0.15, 0.2) is 88.8 Å². The summed E-state index contributed by atoms with van der Waals surface area (Å²) in [5.74, 6) is -0.369. The number of nitrogens with zero attached hydrogens (tertiary/aromatic N) is 3. The minimum absolute atomic E-state index is 0.0314. The summed E-state index contributed by atoms with van der Waals surface area (Å²) in [6.45, 7) is 3.95. The average molecular weight is 492 g/mol. The Balaban J connectivity index is 1.37. The fraction of sp³-hybridized carbons (Fsp3) is 0.222. The van der Waals surface area contributed by atoms with E-state index < -0.39 is 9.84 Å². The third-order valence-electron chi connectivity index (χ3n) is 6.50. The van der Waals surface area contributed by atoms with Gasteiger partial charge in [-0.3, -0.25) is 4.79 Å². The van der Waals surface area contributed by atoms with Crippen molar-refractivity contribution in [1.82, 2.24) is 9.47 Å². The number of carbonyl (C=O) groups excluding carboxylic acids is 1. The Kier molecular flexibility index (Phi) is 6.06. The van der Waals surface area contributed by atoms with Gasteiger partial charge in [-0.25, -0.2) is 12.8 Å². The molecule has 180 valence electrons. The summed E-state index contributed by atoms with van der Waals surface area (Å²) in [6, 6.07) is 20.6. The number of rotatable bonds is 5. The second kappa shape index (κ2) is 9.19. The van der Waals surface area contributed by atoms with Crippen LogP contribution in [-0.2, 0) is 21.2 Å². The molecule has 4 aromatic rings. The number of benzene rings is 3. The number of piperazine rings is 1. The van der Waals surface area contributed by atoms with Crippen LogP contribution in [-0.4, -0.2) is 50.0 Å². The lowest BCUT2D eigenvalue weighted by Gasteiger charge is -2.36. The van der Waals surface area contributed by atoms with E-state index in [2.05, 4.69) is 0 Å². The molecule has 0 atom stereocenters. The lowest BCUT2D eigenvalue weighted by Crippen LogP contribution is -2.49. The van der Waals surface area contributed by atoms with Gasteiger partial charge in [0, 0.05) is 43.3 Å². The molecule has 1 aliphatic rings. The summed E-state index contributed by atoms with van der Waals surface area (Å²) in [5, 5.41) is 0.588. The predicted octanol–water partition coefficient (Wildman–Crippen LogP) is 4.27. The molecule has 1 aromatic heterocycles. The highest BCUT2D eigenvalue weighted by molar-refractivity contribution is 7.91. The summed E-state index contributed by atoms with van der Waals surface area (Å²) >= 11 is 0. The molecule has 0 spiro atoms. The van der Waals surface area contributed by atoms with Gasteiger partial charge in [0.25, 0.3) is 0 Å². The summed E-state index contributed by atoms with van der Waals surface area (Å²) in [4.78, 5) is 17.3. The van der Waals surface area contributed by atoms with E-state index in [9.17, 15) is 17.6 Å². The van der Waals surface area contributed by atoms with E-state index in [-0.39, 0.29) is 28.1 Å². The lowest BCUT2D eigenvalue weighted by molar-refractivity contribution is -0.132. The third-order valence-corrected chi connectivity index (χ3v) is 8.30. The highest BCUT2D eigenvalue weighted by Crippen LogP contribution is 2.30. The fourth-order valence-electron chi connectivity index (χ4n) is 4.55.